The molecule has 4 rings (SSSR count). The van der Waals surface area contributed by atoms with Gasteiger partial charge in [-0.05, 0) is 42.8 Å². The van der Waals surface area contributed by atoms with E-state index in [1.54, 1.807) is 17.5 Å². The first-order valence-corrected chi connectivity index (χ1v) is 9.55. The summed E-state index contributed by atoms with van der Waals surface area (Å²) in [6.07, 6.45) is 9.49. The van der Waals surface area contributed by atoms with Crippen LogP contribution in [0.3, 0.4) is 0 Å². The topological polar surface area (TPSA) is 51.9 Å². The normalized spacial score (nSPS) is 15.3. The quantitative estimate of drug-likeness (QED) is 0.692. The van der Waals surface area contributed by atoms with Crippen LogP contribution in [0.5, 0.6) is 0 Å². The highest BCUT2D eigenvalue weighted by Gasteiger charge is 2.24. The molecule has 0 aliphatic heterocycles. The van der Waals surface area contributed by atoms with E-state index in [-0.39, 0.29) is 5.91 Å². The monoisotopic (exact) mass is 342 g/mol. The molecule has 3 aromatic heterocycles. The SMILES string of the molecule is O=C(NCCCn1cccn1)c1cc2sccc2n1C1CCCC1. The molecule has 5 nitrogen and oxygen atoms in total. The van der Waals surface area contributed by atoms with Crippen molar-refractivity contribution < 1.29 is 4.79 Å². The van der Waals surface area contributed by atoms with Crippen molar-refractivity contribution in [2.75, 3.05) is 6.54 Å². The summed E-state index contributed by atoms with van der Waals surface area (Å²) in [4.78, 5) is 12.7. The Morgan fingerprint density at radius 2 is 2.25 bits per heavy atom. The van der Waals surface area contributed by atoms with Gasteiger partial charge >= 0.3 is 0 Å². The zero-order valence-corrected chi connectivity index (χ0v) is 14.5. The maximum Gasteiger partial charge on any atom is 0.267 e. The third kappa shape index (κ3) is 2.98. The summed E-state index contributed by atoms with van der Waals surface area (Å²) in [5, 5.41) is 9.37. The standard InChI is InChI=1S/C18H22N4OS/c23-18(19-8-3-10-21-11-4-9-20-21)16-13-17-15(7-12-24-17)22(16)14-5-1-2-6-14/h4,7,9,11-14H,1-3,5-6,8,10H2,(H,19,23). The van der Waals surface area contributed by atoms with Crippen molar-refractivity contribution >= 4 is 27.5 Å². The summed E-state index contributed by atoms with van der Waals surface area (Å²) in [5.74, 6) is 0.0470. The molecule has 3 aromatic rings. The van der Waals surface area contributed by atoms with Gasteiger partial charge in [-0.15, -0.1) is 11.3 Å². The summed E-state index contributed by atoms with van der Waals surface area (Å²) < 4.78 is 5.38. The van der Waals surface area contributed by atoms with Gasteiger partial charge in [-0.25, -0.2) is 0 Å². The molecule has 1 N–H and O–H groups in total. The van der Waals surface area contributed by atoms with Gasteiger partial charge in [0.05, 0.1) is 10.2 Å². The first-order valence-electron chi connectivity index (χ1n) is 8.67. The van der Waals surface area contributed by atoms with Crippen LogP contribution in [0.15, 0.2) is 36.0 Å². The van der Waals surface area contributed by atoms with Crippen molar-refractivity contribution in [1.82, 2.24) is 19.7 Å². The van der Waals surface area contributed by atoms with Crippen LogP contribution >= 0.6 is 11.3 Å². The summed E-state index contributed by atoms with van der Waals surface area (Å²) in [6, 6.07) is 6.59. The third-order valence-corrected chi connectivity index (χ3v) is 5.64. The maximum atomic E-state index is 12.7. The van der Waals surface area contributed by atoms with Gasteiger partial charge < -0.3 is 9.88 Å². The zero-order valence-electron chi connectivity index (χ0n) is 13.6. The number of hydrogen-bond acceptors (Lipinski definition) is 3. The molecule has 24 heavy (non-hydrogen) atoms. The number of aromatic nitrogens is 3. The van der Waals surface area contributed by atoms with Gasteiger partial charge in [-0.1, -0.05) is 12.8 Å². The highest BCUT2D eigenvalue weighted by Crippen LogP contribution is 2.36. The van der Waals surface area contributed by atoms with Gasteiger partial charge in [0.2, 0.25) is 0 Å². The molecule has 6 heteroatoms. The minimum absolute atomic E-state index is 0.0470. The molecule has 1 aliphatic rings. The number of aryl methyl sites for hydroxylation is 1. The number of amides is 1. The Labute approximate surface area is 145 Å². The van der Waals surface area contributed by atoms with E-state index in [4.69, 9.17) is 0 Å². The Kier molecular flexibility index (Phi) is 4.38. The number of nitrogens with one attached hydrogen (secondary N) is 1. The molecular weight excluding hydrogens is 320 g/mol. The van der Waals surface area contributed by atoms with Gasteiger partial charge in [0.15, 0.2) is 0 Å². The van der Waals surface area contributed by atoms with Gasteiger partial charge in [-0.3, -0.25) is 9.48 Å². The van der Waals surface area contributed by atoms with Gasteiger partial charge in [0, 0.05) is 31.5 Å². The smallest absolute Gasteiger partial charge is 0.267 e. The first kappa shape index (κ1) is 15.4. The number of carbonyl (C=O) groups is 1. The average Bonchev–Trinajstić information content (AvgIpc) is 3.35. The predicted molar refractivity (Wildman–Crippen MR) is 96.5 cm³/mol. The zero-order chi connectivity index (χ0) is 16.4. The van der Waals surface area contributed by atoms with Crippen LogP contribution in [-0.2, 0) is 6.54 Å². The van der Waals surface area contributed by atoms with Crippen LogP contribution in [0.1, 0.15) is 48.6 Å². The predicted octanol–water partition coefficient (Wildman–Crippen LogP) is 3.83. The Morgan fingerprint density at radius 3 is 3.04 bits per heavy atom. The number of carbonyl (C=O) groups excluding carboxylic acids is 1. The Balaban J connectivity index is 1.45. The fourth-order valence-corrected chi connectivity index (χ4v) is 4.45. The van der Waals surface area contributed by atoms with E-state index in [9.17, 15) is 4.79 Å². The van der Waals surface area contributed by atoms with Crippen LogP contribution in [0, 0.1) is 0 Å². The number of hydrogen-bond donors (Lipinski definition) is 1. The minimum atomic E-state index is 0.0470. The molecule has 1 amide bonds. The average molecular weight is 342 g/mol. The highest BCUT2D eigenvalue weighted by atomic mass is 32.1. The second kappa shape index (κ2) is 6.81. The third-order valence-electron chi connectivity index (χ3n) is 4.79. The van der Waals surface area contributed by atoms with Crippen LogP contribution < -0.4 is 5.32 Å². The lowest BCUT2D eigenvalue weighted by molar-refractivity contribution is 0.0941. The maximum absolute atomic E-state index is 12.7. The summed E-state index contributed by atoms with van der Waals surface area (Å²) in [7, 11) is 0. The molecule has 0 bridgehead atoms. The largest absolute Gasteiger partial charge is 0.351 e. The lowest BCUT2D eigenvalue weighted by atomic mass is 10.2. The molecule has 3 heterocycles. The molecule has 1 aliphatic carbocycles. The molecule has 1 fully saturated rings. The van der Waals surface area contributed by atoms with Crippen molar-refractivity contribution in [3.8, 4) is 0 Å². The summed E-state index contributed by atoms with van der Waals surface area (Å²) >= 11 is 1.71. The van der Waals surface area contributed by atoms with E-state index < -0.39 is 0 Å². The second-order valence-corrected chi connectivity index (χ2v) is 7.33. The van der Waals surface area contributed by atoms with E-state index in [0.29, 0.717) is 12.6 Å². The molecular formula is C18H22N4OS. The Morgan fingerprint density at radius 1 is 1.38 bits per heavy atom. The lowest BCUT2D eigenvalue weighted by Gasteiger charge is -2.17. The molecule has 0 aromatic carbocycles. The van der Waals surface area contributed by atoms with E-state index in [0.717, 1.165) is 18.7 Å². The van der Waals surface area contributed by atoms with Crippen molar-refractivity contribution in [2.45, 2.75) is 44.7 Å². The Bertz CT molecular complexity index is 811. The van der Waals surface area contributed by atoms with Crippen molar-refractivity contribution in [3.05, 3.63) is 41.7 Å². The second-order valence-electron chi connectivity index (χ2n) is 6.39. The van der Waals surface area contributed by atoms with E-state index in [1.165, 1.54) is 35.9 Å². The van der Waals surface area contributed by atoms with E-state index in [1.807, 2.05) is 16.9 Å². The first-order chi connectivity index (χ1) is 11.8. The molecule has 0 unspecified atom stereocenters. The molecule has 1 saturated carbocycles. The lowest BCUT2D eigenvalue weighted by Crippen LogP contribution is -2.28. The van der Waals surface area contributed by atoms with Crippen LogP contribution in [-0.4, -0.2) is 26.8 Å². The van der Waals surface area contributed by atoms with Crippen molar-refractivity contribution in [3.63, 3.8) is 0 Å². The fraction of sp³-hybridized carbons (Fsp3) is 0.444. The fourth-order valence-electron chi connectivity index (χ4n) is 3.64. The van der Waals surface area contributed by atoms with Gasteiger partial charge in [0.1, 0.15) is 5.69 Å². The number of fused-ring (bicyclic) bond motifs is 1. The van der Waals surface area contributed by atoms with Crippen LogP contribution in [0.4, 0.5) is 0 Å². The molecule has 0 spiro atoms. The summed E-state index contributed by atoms with van der Waals surface area (Å²) in [5.41, 5.74) is 2.04. The van der Waals surface area contributed by atoms with Crippen molar-refractivity contribution in [1.29, 1.82) is 0 Å². The minimum Gasteiger partial charge on any atom is -0.351 e. The Hall–Kier alpha value is -2.08. The van der Waals surface area contributed by atoms with Gasteiger partial charge in [0.25, 0.3) is 5.91 Å². The highest BCUT2D eigenvalue weighted by molar-refractivity contribution is 7.17. The van der Waals surface area contributed by atoms with Gasteiger partial charge in [-0.2, -0.15) is 5.10 Å². The summed E-state index contributed by atoms with van der Waals surface area (Å²) in [6.45, 7) is 1.49. The van der Waals surface area contributed by atoms with Crippen LogP contribution in [0.2, 0.25) is 0 Å². The molecule has 0 radical (unpaired) electrons. The number of thiophene rings is 1. The van der Waals surface area contributed by atoms with Crippen molar-refractivity contribution in [2.24, 2.45) is 0 Å². The molecule has 0 atom stereocenters. The number of nitrogens with zero attached hydrogens (tertiary/aromatic N) is 3. The van der Waals surface area contributed by atoms with E-state index in [2.05, 4.69) is 32.5 Å². The molecule has 126 valence electrons. The number of rotatable bonds is 6. The van der Waals surface area contributed by atoms with Crippen LogP contribution in [0.25, 0.3) is 10.2 Å². The molecule has 0 saturated heterocycles. The van der Waals surface area contributed by atoms with E-state index >= 15 is 0 Å².